The maximum atomic E-state index is 11.9. The van der Waals surface area contributed by atoms with Crippen LogP contribution in [0.3, 0.4) is 0 Å². The summed E-state index contributed by atoms with van der Waals surface area (Å²) < 4.78 is 0. The summed E-state index contributed by atoms with van der Waals surface area (Å²) in [6, 6.07) is 3.14. The third-order valence-electron chi connectivity index (χ3n) is 2.96. The van der Waals surface area contributed by atoms with Crippen molar-refractivity contribution < 1.29 is 4.79 Å². The lowest BCUT2D eigenvalue weighted by molar-refractivity contribution is 0.0933. The Morgan fingerprint density at radius 2 is 2.18 bits per heavy atom. The van der Waals surface area contributed by atoms with Crippen molar-refractivity contribution in [2.24, 2.45) is 0 Å². The lowest BCUT2D eigenvalue weighted by Gasteiger charge is -2.15. The first kappa shape index (κ1) is 11.9. The molecule has 92 valence electrons. The third-order valence-corrected chi connectivity index (χ3v) is 2.96. The molecule has 1 unspecified atom stereocenters. The van der Waals surface area contributed by atoms with Crippen molar-refractivity contribution in [3.05, 3.63) is 34.2 Å². The fourth-order valence-electron chi connectivity index (χ4n) is 1.98. The number of carbonyl (C=O) groups is 1. The van der Waals surface area contributed by atoms with Crippen molar-refractivity contribution in [2.45, 2.75) is 25.3 Å². The van der Waals surface area contributed by atoms with Crippen LogP contribution >= 0.6 is 0 Å². The van der Waals surface area contributed by atoms with Crippen LogP contribution < -0.4 is 16.2 Å². The zero-order chi connectivity index (χ0) is 12.1. The summed E-state index contributed by atoms with van der Waals surface area (Å²) in [5.41, 5.74) is 0.307. The van der Waals surface area contributed by atoms with E-state index in [0.29, 0.717) is 5.56 Å². The molecule has 1 aromatic heterocycles. The molecule has 3 N–H and O–H groups in total. The quantitative estimate of drug-likeness (QED) is 0.687. The normalized spacial score (nSPS) is 20.6. The molecule has 0 aliphatic carbocycles. The number of rotatable bonds is 2. The van der Waals surface area contributed by atoms with Crippen LogP contribution in [0.15, 0.2) is 23.1 Å². The first-order chi connectivity index (χ1) is 8.25. The van der Waals surface area contributed by atoms with E-state index in [9.17, 15) is 9.59 Å². The minimum atomic E-state index is -0.194. The predicted molar refractivity (Wildman–Crippen MR) is 65.0 cm³/mol. The first-order valence-electron chi connectivity index (χ1n) is 5.96. The summed E-state index contributed by atoms with van der Waals surface area (Å²) in [5, 5.41) is 6.29. The Morgan fingerprint density at radius 1 is 1.29 bits per heavy atom. The second-order valence-corrected chi connectivity index (χ2v) is 4.29. The van der Waals surface area contributed by atoms with Gasteiger partial charge in [-0.15, -0.1) is 0 Å². The Labute approximate surface area is 99.6 Å². The van der Waals surface area contributed by atoms with E-state index in [1.807, 2.05) is 0 Å². The average molecular weight is 235 g/mol. The molecule has 2 rings (SSSR count). The molecule has 17 heavy (non-hydrogen) atoms. The number of amides is 1. The van der Waals surface area contributed by atoms with Crippen molar-refractivity contribution in [3.8, 4) is 0 Å². The van der Waals surface area contributed by atoms with Gasteiger partial charge in [-0.05, 0) is 38.4 Å². The van der Waals surface area contributed by atoms with Crippen LogP contribution in [0.25, 0.3) is 0 Å². The van der Waals surface area contributed by atoms with Gasteiger partial charge in [0.25, 0.3) is 5.91 Å². The Kier molecular flexibility index (Phi) is 3.93. The highest BCUT2D eigenvalue weighted by Crippen LogP contribution is 2.06. The molecule has 0 spiro atoms. The number of hydrogen-bond donors (Lipinski definition) is 3. The molecular formula is C12H17N3O2. The van der Waals surface area contributed by atoms with Crippen LogP contribution in [-0.4, -0.2) is 30.0 Å². The predicted octanol–water partition coefficient (Wildman–Crippen LogP) is 0.247. The van der Waals surface area contributed by atoms with E-state index in [-0.39, 0.29) is 17.5 Å². The Balaban J connectivity index is 1.95. The molecular weight excluding hydrogens is 218 g/mol. The number of nitrogens with one attached hydrogen (secondary N) is 3. The number of pyridine rings is 1. The smallest absolute Gasteiger partial charge is 0.252 e. The molecule has 1 aliphatic heterocycles. The zero-order valence-corrected chi connectivity index (χ0v) is 9.66. The van der Waals surface area contributed by atoms with Gasteiger partial charge >= 0.3 is 0 Å². The minimum Gasteiger partial charge on any atom is -0.349 e. The lowest BCUT2D eigenvalue weighted by Crippen LogP contribution is -2.35. The molecule has 0 bridgehead atoms. The fraction of sp³-hybridized carbons (Fsp3) is 0.500. The number of H-pyrrole nitrogens is 1. The zero-order valence-electron chi connectivity index (χ0n) is 9.66. The second-order valence-electron chi connectivity index (χ2n) is 4.29. The monoisotopic (exact) mass is 235 g/mol. The van der Waals surface area contributed by atoms with E-state index >= 15 is 0 Å². The molecule has 1 aliphatic rings. The fourth-order valence-corrected chi connectivity index (χ4v) is 1.98. The number of carbonyl (C=O) groups excluding carboxylic acids is 1. The molecule has 1 amide bonds. The van der Waals surface area contributed by atoms with Crippen molar-refractivity contribution in [3.63, 3.8) is 0 Å². The van der Waals surface area contributed by atoms with Gasteiger partial charge in [-0.25, -0.2) is 0 Å². The molecule has 1 saturated heterocycles. The Morgan fingerprint density at radius 3 is 2.94 bits per heavy atom. The minimum absolute atomic E-state index is 0.117. The highest BCUT2D eigenvalue weighted by atomic mass is 16.2. The van der Waals surface area contributed by atoms with Crippen molar-refractivity contribution in [2.75, 3.05) is 13.1 Å². The van der Waals surface area contributed by atoms with Crippen molar-refractivity contribution >= 4 is 5.91 Å². The second kappa shape index (κ2) is 5.63. The first-order valence-corrected chi connectivity index (χ1v) is 5.96. The van der Waals surface area contributed by atoms with E-state index in [0.717, 1.165) is 32.4 Å². The Bertz CT molecular complexity index is 413. The maximum Gasteiger partial charge on any atom is 0.252 e. The SMILES string of the molecule is O=C(NC1CCCNCC1)c1ccc(=O)[nH]c1. The summed E-state index contributed by atoms with van der Waals surface area (Å²) in [6.07, 6.45) is 4.49. The standard InChI is InChI=1S/C12H17N3O2/c16-11-4-3-9(8-14-11)12(17)15-10-2-1-6-13-7-5-10/h3-4,8,10,13H,1-2,5-7H2,(H,14,16)(H,15,17). The average Bonchev–Trinajstić information content (AvgIpc) is 2.58. The van der Waals surface area contributed by atoms with Crippen LogP contribution in [0, 0.1) is 0 Å². The molecule has 0 radical (unpaired) electrons. The summed E-state index contributed by atoms with van der Waals surface area (Å²) in [6.45, 7) is 1.96. The van der Waals surface area contributed by atoms with Gasteiger partial charge in [0.15, 0.2) is 0 Å². The molecule has 2 heterocycles. The van der Waals surface area contributed by atoms with Gasteiger partial charge in [0.1, 0.15) is 0 Å². The van der Waals surface area contributed by atoms with Gasteiger partial charge in [-0.1, -0.05) is 0 Å². The highest BCUT2D eigenvalue weighted by Gasteiger charge is 2.15. The number of aromatic amines is 1. The van der Waals surface area contributed by atoms with Crippen LogP contribution in [0.1, 0.15) is 29.6 Å². The Hall–Kier alpha value is -1.62. The number of hydrogen-bond acceptors (Lipinski definition) is 3. The van der Waals surface area contributed by atoms with E-state index in [2.05, 4.69) is 15.6 Å². The third kappa shape index (κ3) is 3.42. The van der Waals surface area contributed by atoms with Crippen molar-refractivity contribution in [1.82, 2.24) is 15.6 Å². The lowest BCUT2D eigenvalue weighted by atomic mass is 10.1. The number of aromatic nitrogens is 1. The van der Waals surface area contributed by atoms with E-state index in [1.54, 1.807) is 6.07 Å². The molecule has 1 fully saturated rings. The van der Waals surface area contributed by atoms with Crippen molar-refractivity contribution in [1.29, 1.82) is 0 Å². The summed E-state index contributed by atoms with van der Waals surface area (Å²) in [4.78, 5) is 25.3. The maximum absolute atomic E-state index is 11.9. The largest absolute Gasteiger partial charge is 0.349 e. The summed E-state index contributed by atoms with van der Waals surface area (Å²) in [7, 11) is 0. The van der Waals surface area contributed by atoms with Crippen LogP contribution in [-0.2, 0) is 0 Å². The molecule has 0 saturated carbocycles. The molecule has 0 aromatic carbocycles. The van der Waals surface area contributed by atoms with Gasteiger partial charge in [-0.3, -0.25) is 9.59 Å². The molecule has 5 nitrogen and oxygen atoms in total. The van der Waals surface area contributed by atoms with Crippen LogP contribution in [0.2, 0.25) is 0 Å². The van der Waals surface area contributed by atoms with Gasteiger partial charge in [0.05, 0.1) is 5.56 Å². The van der Waals surface area contributed by atoms with Gasteiger partial charge < -0.3 is 15.6 Å². The highest BCUT2D eigenvalue weighted by molar-refractivity contribution is 5.93. The summed E-state index contributed by atoms with van der Waals surface area (Å²) in [5.74, 6) is -0.117. The van der Waals surface area contributed by atoms with Crippen LogP contribution in [0.5, 0.6) is 0 Å². The molecule has 1 aromatic rings. The molecule has 5 heteroatoms. The van der Waals surface area contributed by atoms with Gasteiger partial charge in [0.2, 0.25) is 5.56 Å². The van der Waals surface area contributed by atoms with Crippen LogP contribution in [0.4, 0.5) is 0 Å². The topological polar surface area (TPSA) is 74.0 Å². The van der Waals surface area contributed by atoms with E-state index in [1.165, 1.54) is 12.3 Å². The summed E-state index contributed by atoms with van der Waals surface area (Å²) >= 11 is 0. The van der Waals surface area contributed by atoms with E-state index < -0.39 is 0 Å². The van der Waals surface area contributed by atoms with E-state index in [4.69, 9.17) is 0 Å². The molecule has 1 atom stereocenters. The van der Waals surface area contributed by atoms with Gasteiger partial charge in [0, 0.05) is 18.3 Å². The van der Waals surface area contributed by atoms with Gasteiger partial charge in [-0.2, -0.15) is 0 Å².